The smallest absolute Gasteiger partial charge is 0.222 e. The maximum Gasteiger partial charge on any atom is 0.222 e. The van der Waals surface area contributed by atoms with Gasteiger partial charge in [0.05, 0.1) is 23.5 Å². The normalized spacial score (nSPS) is 21.6. The number of fused-ring (bicyclic) bond motifs is 1. The summed E-state index contributed by atoms with van der Waals surface area (Å²) in [7, 11) is 1.70. The third-order valence-corrected chi connectivity index (χ3v) is 5.66. The number of methoxy groups -OCH3 is 1. The van der Waals surface area contributed by atoms with E-state index in [2.05, 4.69) is 10.3 Å². The molecule has 0 radical (unpaired) electrons. The van der Waals surface area contributed by atoms with Gasteiger partial charge in [0, 0.05) is 50.6 Å². The number of nitrogens with zero attached hydrogens (tertiary/aromatic N) is 4. The molecule has 1 aliphatic heterocycles. The number of ether oxygens (including phenoxy) is 2. The summed E-state index contributed by atoms with van der Waals surface area (Å²) in [5.41, 5.74) is 2.23. The van der Waals surface area contributed by atoms with Crippen molar-refractivity contribution in [2.45, 2.75) is 37.7 Å². The van der Waals surface area contributed by atoms with Gasteiger partial charge in [-0.1, -0.05) is 6.07 Å². The minimum Gasteiger partial charge on any atom is -0.378 e. The molecule has 4 heterocycles. The van der Waals surface area contributed by atoms with Crippen LogP contribution in [0, 0.1) is 0 Å². The number of hydrogen-bond donors (Lipinski definition) is 1. The van der Waals surface area contributed by atoms with E-state index < -0.39 is 5.60 Å². The van der Waals surface area contributed by atoms with Gasteiger partial charge >= 0.3 is 0 Å². The number of nitrogens with one attached hydrogen (secondary N) is 1. The van der Waals surface area contributed by atoms with Crippen molar-refractivity contribution in [3.05, 3.63) is 41.9 Å². The van der Waals surface area contributed by atoms with E-state index >= 15 is 0 Å². The van der Waals surface area contributed by atoms with E-state index in [1.54, 1.807) is 13.3 Å². The van der Waals surface area contributed by atoms with Crippen LogP contribution >= 0.6 is 0 Å². The van der Waals surface area contributed by atoms with Gasteiger partial charge in [0.15, 0.2) is 5.82 Å². The molecule has 150 valence electrons. The van der Waals surface area contributed by atoms with Crippen molar-refractivity contribution in [3.63, 3.8) is 0 Å². The summed E-state index contributed by atoms with van der Waals surface area (Å²) in [6.45, 7) is 2.61. The molecule has 29 heavy (non-hydrogen) atoms. The summed E-state index contributed by atoms with van der Waals surface area (Å²) in [5.74, 6) is 1.52. The average molecular weight is 393 g/mol. The summed E-state index contributed by atoms with van der Waals surface area (Å²) in [6.07, 6.45) is 4.83. The molecule has 1 saturated heterocycles. The van der Waals surface area contributed by atoms with Crippen molar-refractivity contribution in [2.75, 3.05) is 25.6 Å². The molecular formula is C21H23N5O3. The van der Waals surface area contributed by atoms with Gasteiger partial charge in [-0.15, -0.1) is 0 Å². The van der Waals surface area contributed by atoms with Crippen LogP contribution in [0.1, 0.15) is 43.5 Å². The number of carbonyl (C=O) groups excluding carboxylic acids is 1. The zero-order valence-electron chi connectivity index (χ0n) is 16.5. The number of anilines is 1. The van der Waals surface area contributed by atoms with Crippen molar-refractivity contribution in [1.29, 1.82) is 0 Å². The number of hydrogen-bond acceptors (Lipinski definition) is 6. The summed E-state index contributed by atoms with van der Waals surface area (Å²) >= 11 is 0. The van der Waals surface area contributed by atoms with E-state index in [4.69, 9.17) is 19.6 Å². The molecule has 2 aliphatic rings. The van der Waals surface area contributed by atoms with Gasteiger partial charge in [-0.25, -0.2) is 14.6 Å². The zero-order valence-corrected chi connectivity index (χ0v) is 16.5. The highest BCUT2D eigenvalue weighted by molar-refractivity contribution is 5.91. The van der Waals surface area contributed by atoms with Gasteiger partial charge in [-0.3, -0.25) is 4.79 Å². The molecule has 3 aromatic rings. The van der Waals surface area contributed by atoms with E-state index in [0.717, 1.165) is 41.6 Å². The first-order valence-electron chi connectivity index (χ1n) is 9.87. The minimum absolute atomic E-state index is 0.159. The lowest BCUT2D eigenvalue weighted by atomic mass is 9.98. The molecule has 8 heteroatoms. The molecule has 0 bridgehead atoms. The zero-order chi connectivity index (χ0) is 20.0. The third kappa shape index (κ3) is 3.18. The Balaban J connectivity index is 1.64. The maximum absolute atomic E-state index is 11.5. The molecular weight excluding hydrogens is 370 g/mol. The Morgan fingerprint density at radius 3 is 2.93 bits per heavy atom. The molecule has 1 aliphatic carbocycles. The molecule has 1 saturated carbocycles. The SMILES string of the molecule is CO[C@]1(c2cccc(-n3nc(C4CC4)c4cnc(NC(C)=O)cc43)n2)CCOC1. The fourth-order valence-corrected chi connectivity index (χ4v) is 3.92. The molecule has 0 aromatic carbocycles. The largest absolute Gasteiger partial charge is 0.378 e. The number of carbonyl (C=O) groups is 1. The van der Waals surface area contributed by atoms with Crippen molar-refractivity contribution in [1.82, 2.24) is 19.7 Å². The monoisotopic (exact) mass is 393 g/mol. The standard InChI is InChI=1S/C21H23N5O3/c1-13(27)23-18-10-16-15(11-22-18)20(14-6-7-14)25-26(16)19-5-3-4-17(24-19)21(28-2)8-9-29-12-21/h3-5,10-11,14H,6-9,12H2,1-2H3,(H,22,23,27)/t21-/m1/s1. The second-order valence-corrected chi connectivity index (χ2v) is 7.72. The van der Waals surface area contributed by atoms with Gasteiger partial charge in [0.25, 0.3) is 0 Å². The predicted octanol–water partition coefficient (Wildman–Crippen LogP) is 2.91. The lowest BCUT2D eigenvalue weighted by Gasteiger charge is -2.25. The first kappa shape index (κ1) is 18.2. The van der Waals surface area contributed by atoms with Crippen LogP contribution in [0.2, 0.25) is 0 Å². The van der Waals surface area contributed by atoms with Gasteiger partial charge in [0.2, 0.25) is 5.91 Å². The summed E-state index contributed by atoms with van der Waals surface area (Å²) in [6, 6.07) is 7.73. The first-order chi connectivity index (χ1) is 14.1. The third-order valence-electron chi connectivity index (χ3n) is 5.66. The Labute approximate surface area is 168 Å². The van der Waals surface area contributed by atoms with Gasteiger partial charge in [-0.05, 0) is 25.0 Å². The fourth-order valence-electron chi connectivity index (χ4n) is 3.92. The van der Waals surface area contributed by atoms with E-state index in [0.29, 0.717) is 30.8 Å². The van der Waals surface area contributed by atoms with Crippen molar-refractivity contribution < 1.29 is 14.3 Å². The highest BCUT2D eigenvalue weighted by Gasteiger charge is 2.38. The molecule has 8 nitrogen and oxygen atoms in total. The van der Waals surface area contributed by atoms with Crippen molar-refractivity contribution in [3.8, 4) is 5.82 Å². The van der Waals surface area contributed by atoms with Crippen molar-refractivity contribution >= 4 is 22.6 Å². The van der Waals surface area contributed by atoms with Crippen LogP contribution in [0.15, 0.2) is 30.5 Å². The Morgan fingerprint density at radius 1 is 1.38 bits per heavy atom. The van der Waals surface area contributed by atoms with Crippen LogP contribution in [0.4, 0.5) is 5.82 Å². The highest BCUT2D eigenvalue weighted by Crippen LogP contribution is 2.43. The topological polar surface area (TPSA) is 91.2 Å². The van der Waals surface area contributed by atoms with E-state index in [-0.39, 0.29) is 5.91 Å². The average Bonchev–Trinajstić information content (AvgIpc) is 3.32. The fraction of sp³-hybridized carbons (Fsp3) is 0.429. The van der Waals surface area contributed by atoms with Crippen LogP contribution in [-0.2, 0) is 19.9 Å². The quantitative estimate of drug-likeness (QED) is 0.717. The second kappa shape index (κ2) is 6.89. The van der Waals surface area contributed by atoms with Crippen LogP contribution < -0.4 is 5.32 Å². The van der Waals surface area contributed by atoms with Gasteiger partial charge in [0.1, 0.15) is 11.4 Å². The molecule has 2 fully saturated rings. The molecule has 1 atom stereocenters. The van der Waals surface area contributed by atoms with Crippen LogP contribution in [0.5, 0.6) is 0 Å². The number of aromatic nitrogens is 4. The molecule has 0 spiro atoms. The van der Waals surface area contributed by atoms with Gasteiger partial charge in [-0.2, -0.15) is 5.10 Å². The minimum atomic E-state index is -0.527. The van der Waals surface area contributed by atoms with E-state index in [1.165, 1.54) is 6.92 Å². The summed E-state index contributed by atoms with van der Waals surface area (Å²) in [5, 5.41) is 8.64. The Morgan fingerprint density at radius 2 is 2.24 bits per heavy atom. The lowest BCUT2D eigenvalue weighted by molar-refractivity contribution is -0.114. The van der Waals surface area contributed by atoms with Gasteiger partial charge < -0.3 is 14.8 Å². The number of amides is 1. The lowest BCUT2D eigenvalue weighted by Crippen LogP contribution is -2.30. The second-order valence-electron chi connectivity index (χ2n) is 7.72. The Hall–Kier alpha value is -2.84. The van der Waals surface area contributed by atoms with Crippen LogP contribution in [-0.4, -0.2) is 46.0 Å². The summed E-state index contributed by atoms with van der Waals surface area (Å²) < 4.78 is 13.2. The number of rotatable bonds is 5. The molecule has 1 amide bonds. The molecule has 0 unspecified atom stereocenters. The molecule has 1 N–H and O–H groups in total. The van der Waals surface area contributed by atoms with Crippen LogP contribution in [0.25, 0.3) is 16.7 Å². The highest BCUT2D eigenvalue weighted by atomic mass is 16.5. The first-order valence-corrected chi connectivity index (χ1v) is 9.87. The van der Waals surface area contributed by atoms with E-state index in [1.807, 2.05) is 28.9 Å². The van der Waals surface area contributed by atoms with Crippen LogP contribution in [0.3, 0.4) is 0 Å². The van der Waals surface area contributed by atoms with Crippen molar-refractivity contribution in [2.24, 2.45) is 0 Å². The summed E-state index contributed by atoms with van der Waals surface area (Å²) in [4.78, 5) is 20.8. The maximum atomic E-state index is 11.5. The molecule has 5 rings (SSSR count). The number of pyridine rings is 2. The molecule has 3 aromatic heterocycles. The Bertz CT molecular complexity index is 1080. The van der Waals surface area contributed by atoms with E-state index in [9.17, 15) is 4.79 Å². The Kier molecular flexibility index (Phi) is 4.33. The predicted molar refractivity (Wildman–Crippen MR) is 107 cm³/mol.